The van der Waals surface area contributed by atoms with Crippen LogP contribution in [0.4, 0.5) is 0 Å². The van der Waals surface area contributed by atoms with Crippen LogP contribution < -0.4 is 5.56 Å². The van der Waals surface area contributed by atoms with Crippen LogP contribution in [0.3, 0.4) is 0 Å². The lowest BCUT2D eigenvalue weighted by Crippen LogP contribution is -2.19. The van der Waals surface area contributed by atoms with Gasteiger partial charge in [-0.1, -0.05) is 12.8 Å². The lowest BCUT2D eigenvalue weighted by Gasteiger charge is -2.10. The molecular weight excluding hydrogens is 274 g/mol. The van der Waals surface area contributed by atoms with Gasteiger partial charge in [-0.25, -0.2) is 4.98 Å². The first-order valence-corrected chi connectivity index (χ1v) is 7.74. The number of hydrogen-bond donors (Lipinski definition) is 2. The zero-order valence-electron chi connectivity index (χ0n) is 11.3. The Kier molecular flexibility index (Phi) is 3.56. The van der Waals surface area contributed by atoms with E-state index in [1.807, 2.05) is 12.3 Å². The van der Waals surface area contributed by atoms with Crippen molar-refractivity contribution in [3.05, 3.63) is 37.8 Å². The van der Waals surface area contributed by atoms with Crippen LogP contribution in [0.2, 0.25) is 0 Å². The summed E-state index contributed by atoms with van der Waals surface area (Å²) < 4.78 is 0. The van der Waals surface area contributed by atoms with Gasteiger partial charge in [-0.15, -0.1) is 11.3 Å². The number of H-pyrrole nitrogens is 1. The van der Waals surface area contributed by atoms with E-state index < -0.39 is 0 Å². The summed E-state index contributed by atoms with van der Waals surface area (Å²) >= 11 is 1.53. The van der Waals surface area contributed by atoms with Crippen LogP contribution in [-0.4, -0.2) is 20.1 Å². The first kappa shape index (κ1) is 13.3. The molecule has 20 heavy (non-hydrogen) atoms. The average molecular weight is 291 g/mol. The minimum atomic E-state index is -0.201. The third kappa shape index (κ3) is 2.60. The highest BCUT2D eigenvalue weighted by molar-refractivity contribution is 7.09. The van der Waals surface area contributed by atoms with Crippen molar-refractivity contribution >= 4 is 11.3 Å². The maximum atomic E-state index is 12.2. The topological polar surface area (TPSA) is 78.9 Å². The fraction of sp³-hybridized carbons (Fsp3) is 0.500. The Morgan fingerprint density at radius 2 is 2.15 bits per heavy atom. The number of nitrogens with zero attached hydrogens (tertiary/aromatic N) is 2. The lowest BCUT2D eigenvalue weighted by molar-refractivity contribution is 0.432. The second-order valence-electron chi connectivity index (χ2n) is 5.29. The molecular formula is C14H17N3O2S. The van der Waals surface area contributed by atoms with Crippen molar-refractivity contribution in [2.24, 2.45) is 0 Å². The molecule has 2 aromatic rings. The third-order valence-corrected chi connectivity index (χ3v) is 4.70. The highest BCUT2D eigenvalue weighted by Crippen LogP contribution is 2.35. The van der Waals surface area contributed by atoms with Gasteiger partial charge in [0.25, 0.3) is 5.56 Å². The number of aryl methyl sites for hydroxylation is 1. The van der Waals surface area contributed by atoms with E-state index in [-0.39, 0.29) is 17.4 Å². The summed E-state index contributed by atoms with van der Waals surface area (Å²) in [4.78, 5) is 23.5. The molecule has 2 aromatic heterocycles. The van der Waals surface area contributed by atoms with Gasteiger partial charge in [0.15, 0.2) is 0 Å². The number of nitrogens with one attached hydrogen (secondary N) is 1. The molecule has 6 heteroatoms. The van der Waals surface area contributed by atoms with E-state index >= 15 is 0 Å². The minimum absolute atomic E-state index is 0.107. The standard InChI is InChI=1S/C14H17N3O2S/c1-8-7-20-11(15-8)6-10-16-13(18)12(14(19)17-10)9-4-2-3-5-9/h7,9H,2-6H2,1H3,(H2,16,17,18,19). The summed E-state index contributed by atoms with van der Waals surface area (Å²) in [5.41, 5.74) is 1.22. The molecule has 1 fully saturated rings. The van der Waals surface area contributed by atoms with E-state index in [0.29, 0.717) is 17.8 Å². The van der Waals surface area contributed by atoms with Gasteiger partial charge < -0.3 is 10.1 Å². The van der Waals surface area contributed by atoms with Gasteiger partial charge in [0.05, 0.1) is 12.0 Å². The molecule has 5 nitrogen and oxygen atoms in total. The zero-order chi connectivity index (χ0) is 14.1. The van der Waals surface area contributed by atoms with E-state index in [4.69, 9.17) is 0 Å². The molecule has 0 aliphatic heterocycles. The van der Waals surface area contributed by atoms with Gasteiger partial charge in [-0.2, -0.15) is 4.98 Å². The fourth-order valence-electron chi connectivity index (χ4n) is 2.81. The number of aromatic hydroxyl groups is 1. The molecule has 0 radical (unpaired) electrons. The number of rotatable bonds is 3. The number of thiazole rings is 1. The van der Waals surface area contributed by atoms with Gasteiger partial charge in [-0.05, 0) is 25.7 Å². The van der Waals surface area contributed by atoms with E-state index in [0.717, 1.165) is 36.4 Å². The summed E-state index contributed by atoms with van der Waals surface area (Å²) in [6.45, 7) is 1.93. The van der Waals surface area contributed by atoms with Crippen LogP contribution >= 0.6 is 11.3 Å². The van der Waals surface area contributed by atoms with Crippen molar-refractivity contribution < 1.29 is 5.11 Å². The first-order chi connectivity index (χ1) is 9.63. The monoisotopic (exact) mass is 291 g/mol. The van der Waals surface area contributed by atoms with Crippen LogP contribution in [0, 0.1) is 6.92 Å². The Labute approximate surface area is 120 Å². The van der Waals surface area contributed by atoms with Crippen molar-refractivity contribution in [2.45, 2.75) is 44.9 Å². The summed E-state index contributed by atoms with van der Waals surface area (Å²) in [5.74, 6) is 0.523. The SMILES string of the molecule is Cc1csc(Cc2nc(O)c(C3CCCC3)c(=O)[nH]2)n1. The number of aromatic amines is 1. The van der Waals surface area contributed by atoms with Gasteiger partial charge in [0.1, 0.15) is 10.8 Å². The normalized spacial score (nSPS) is 15.8. The van der Waals surface area contributed by atoms with Crippen LogP contribution in [0.5, 0.6) is 5.88 Å². The molecule has 2 N–H and O–H groups in total. The second-order valence-corrected chi connectivity index (χ2v) is 6.23. The lowest BCUT2D eigenvalue weighted by atomic mass is 10.00. The zero-order valence-corrected chi connectivity index (χ0v) is 12.2. The molecule has 0 bridgehead atoms. The van der Waals surface area contributed by atoms with Crippen molar-refractivity contribution in [1.29, 1.82) is 0 Å². The van der Waals surface area contributed by atoms with Crippen molar-refractivity contribution in [2.75, 3.05) is 0 Å². The molecule has 0 atom stereocenters. The van der Waals surface area contributed by atoms with Crippen LogP contribution in [0.1, 0.15) is 53.7 Å². The predicted octanol–water partition coefficient (Wildman–Crippen LogP) is 2.49. The molecule has 3 rings (SSSR count). The maximum Gasteiger partial charge on any atom is 0.258 e. The quantitative estimate of drug-likeness (QED) is 0.910. The molecule has 0 spiro atoms. The van der Waals surface area contributed by atoms with Crippen molar-refractivity contribution in [1.82, 2.24) is 15.0 Å². The molecule has 0 aromatic carbocycles. The van der Waals surface area contributed by atoms with Gasteiger partial charge in [-0.3, -0.25) is 4.79 Å². The van der Waals surface area contributed by atoms with Crippen LogP contribution in [0.15, 0.2) is 10.2 Å². The molecule has 0 saturated heterocycles. The van der Waals surface area contributed by atoms with E-state index in [1.165, 1.54) is 11.3 Å². The largest absolute Gasteiger partial charge is 0.493 e. The highest BCUT2D eigenvalue weighted by Gasteiger charge is 2.24. The summed E-state index contributed by atoms with van der Waals surface area (Å²) in [6.07, 6.45) is 4.60. The Morgan fingerprint density at radius 3 is 2.75 bits per heavy atom. The summed E-state index contributed by atoms with van der Waals surface area (Å²) in [6, 6.07) is 0. The van der Waals surface area contributed by atoms with E-state index in [1.54, 1.807) is 0 Å². The summed E-state index contributed by atoms with van der Waals surface area (Å²) in [7, 11) is 0. The number of hydrogen-bond acceptors (Lipinski definition) is 5. The van der Waals surface area contributed by atoms with E-state index in [9.17, 15) is 9.90 Å². The highest BCUT2D eigenvalue weighted by atomic mass is 32.1. The molecule has 0 amide bonds. The molecule has 0 unspecified atom stereocenters. The van der Waals surface area contributed by atoms with Gasteiger partial charge in [0.2, 0.25) is 5.88 Å². The van der Waals surface area contributed by atoms with Crippen molar-refractivity contribution in [3.8, 4) is 5.88 Å². The Morgan fingerprint density at radius 1 is 1.40 bits per heavy atom. The second kappa shape index (κ2) is 5.36. The van der Waals surface area contributed by atoms with Gasteiger partial charge in [0, 0.05) is 11.1 Å². The molecule has 1 saturated carbocycles. The average Bonchev–Trinajstić information content (AvgIpc) is 3.01. The smallest absolute Gasteiger partial charge is 0.258 e. The van der Waals surface area contributed by atoms with Crippen molar-refractivity contribution in [3.63, 3.8) is 0 Å². The van der Waals surface area contributed by atoms with Crippen LogP contribution in [-0.2, 0) is 6.42 Å². The Bertz CT molecular complexity index is 671. The van der Waals surface area contributed by atoms with Crippen LogP contribution in [0.25, 0.3) is 0 Å². The first-order valence-electron chi connectivity index (χ1n) is 6.86. The molecule has 2 heterocycles. The predicted molar refractivity (Wildman–Crippen MR) is 77.4 cm³/mol. The minimum Gasteiger partial charge on any atom is -0.493 e. The molecule has 106 valence electrons. The molecule has 1 aliphatic rings. The fourth-order valence-corrected chi connectivity index (χ4v) is 3.59. The van der Waals surface area contributed by atoms with Gasteiger partial charge >= 0.3 is 0 Å². The Hall–Kier alpha value is -1.69. The maximum absolute atomic E-state index is 12.2. The Balaban J connectivity index is 1.89. The van der Waals surface area contributed by atoms with E-state index in [2.05, 4.69) is 15.0 Å². The third-order valence-electron chi connectivity index (χ3n) is 3.73. The summed E-state index contributed by atoms with van der Waals surface area (Å²) in [5, 5.41) is 12.9. The molecule has 1 aliphatic carbocycles. The number of aromatic nitrogens is 3.